The Kier molecular flexibility index (Phi) is 7.39. The van der Waals surface area contributed by atoms with Crippen LogP contribution >= 0.6 is 23.4 Å². The molecular weight excluding hydrogens is 558 g/mol. The molecule has 1 aromatic carbocycles. The third kappa shape index (κ3) is 5.79. The Bertz CT molecular complexity index is 1530. The van der Waals surface area contributed by atoms with Crippen LogP contribution < -0.4 is 16.0 Å². The lowest BCUT2D eigenvalue weighted by Crippen LogP contribution is -2.42. The maximum Gasteiger partial charge on any atom is 0.431 e. The molecule has 36 heavy (non-hydrogen) atoms. The number of hydrogen-bond donors (Lipinski definition) is 1. The van der Waals surface area contributed by atoms with Crippen molar-refractivity contribution in [3.8, 4) is 5.69 Å². The predicted molar refractivity (Wildman–Crippen MR) is 122 cm³/mol. The Hall–Kier alpha value is -3.18. The normalized spacial score (nSPS) is 15.6. The van der Waals surface area contributed by atoms with Gasteiger partial charge in [-0.15, -0.1) is 0 Å². The molecule has 18 heteroatoms. The zero-order valence-electron chi connectivity index (χ0n) is 18.1. The Balaban J connectivity index is 2.10. The molecule has 0 spiro atoms. The van der Waals surface area contributed by atoms with Crippen molar-refractivity contribution in [2.45, 2.75) is 6.18 Å². The Morgan fingerprint density at radius 1 is 1.22 bits per heavy atom. The molecule has 2 heterocycles. The van der Waals surface area contributed by atoms with Gasteiger partial charge in [0.1, 0.15) is 18.1 Å². The summed E-state index contributed by atoms with van der Waals surface area (Å²) in [6.07, 6.45) is -4.30. The highest BCUT2D eigenvalue weighted by molar-refractivity contribution is 8.15. The molecule has 0 unspecified atom stereocenters. The maximum atomic E-state index is 14.7. The maximum absolute atomic E-state index is 14.7. The number of sulfonamides is 1. The molecule has 1 aromatic heterocycles. The SMILES string of the molecule is Cn1c(C(F)(F)F)cc(=O)n(-c2cc(/N=C3\SCC(=O)N3CC(=O)NS(C)(=O)=O)c(Cl)cc2F)c1=O. The molecular formula is C18H14ClF4N5O6S2. The first kappa shape index (κ1) is 27.4. The minimum absolute atomic E-state index is 0.120. The van der Waals surface area contributed by atoms with Crippen LogP contribution in [0.2, 0.25) is 5.02 Å². The summed E-state index contributed by atoms with van der Waals surface area (Å²) in [5, 5.41) is -0.503. The van der Waals surface area contributed by atoms with E-state index in [1.807, 2.05) is 0 Å². The van der Waals surface area contributed by atoms with Crippen molar-refractivity contribution in [3.63, 3.8) is 0 Å². The van der Waals surface area contributed by atoms with E-state index in [9.17, 15) is 45.2 Å². The number of thioether (sulfide) groups is 1. The zero-order chi connectivity index (χ0) is 27.2. The number of benzene rings is 1. The average Bonchev–Trinajstić information content (AvgIpc) is 3.05. The van der Waals surface area contributed by atoms with E-state index in [-0.39, 0.29) is 36.8 Å². The molecule has 0 bridgehead atoms. The van der Waals surface area contributed by atoms with E-state index in [2.05, 4.69) is 4.99 Å². The molecule has 3 rings (SSSR count). The number of amides is 2. The van der Waals surface area contributed by atoms with Crippen molar-refractivity contribution < 1.29 is 35.6 Å². The zero-order valence-corrected chi connectivity index (χ0v) is 20.5. The van der Waals surface area contributed by atoms with E-state index in [4.69, 9.17) is 11.6 Å². The first-order valence-corrected chi connectivity index (χ1v) is 12.7. The Labute approximate surface area is 208 Å². The molecule has 1 aliphatic heterocycles. The number of halogens is 5. The van der Waals surface area contributed by atoms with Gasteiger partial charge in [0, 0.05) is 13.1 Å². The van der Waals surface area contributed by atoms with Crippen LogP contribution in [-0.4, -0.2) is 58.0 Å². The van der Waals surface area contributed by atoms with E-state index < -0.39 is 63.0 Å². The monoisotopic (exact) mass is 571 g/mol. The van der Waals surface area contributed by atoms with E-state index in [1.54, 1.807) is 4.72 Å². The highest BCUT2D eigenvalue weighted by Crippen LogP contribution is 2.32. The molecule has 1 fully saturated rings. The highest BCUT2D eigenvalue weighted by Gasteiger charge is 2.35. The van der Waals surface area contributed by atoms with Crippen LogP contribution in [0, 0.1) is 5.82 Å². The molecule has 1 aliphatic rings. The van der Waals surface area contributed by atoms with Crippen LogP contribution in [0.15, 0.2) is 32.8 Å². The first-order chi connectivity index (χ1) is 16.5. The summed E-state index contributed by atoms with van der Waals surface area (Å²) in [4.78, 5) is 53.9. The largest absolute Gasteiger partial charge is 0.431 e. The molecule has 11 nitrogen and oxygen atoms in total. The van der Waals surface area contributed by atoms with E-state index in [1.165, 1.54) is 0 Å². The standard InChI is InChI=1S/C18H14ClF4N5O6S2/c1-26-12(18(21,22)23)5-14(30)28(17(26)32)11-4-10(8(19)3-9(11)20)24-16-27(15(31)7-35-16)6-13(29)25-36(2,33)34/h3-5H,6-7H2,1-2H3,(H,25,29)/b24-16-. The molecule has 1 saturated heterocycles. The van der Waals surface area contributed by atoms with Gasteiger partial charge in [0.25, 0.3) is 11.5 Å². The highest BCUT2D eigenvalue weighted by atomic mass is 35.5. The Morgan fingerprint density at radius 2 is 1.86 bits per heavy atom. The van der Waals surface area contributed by atoms with Crippen LogP contribution in [-0.2, 0) is 32.8 Å². The number of alkyl halides is 3. The van der Waals surface area contributed by atoms with Crippen molar-refractivity contribution in [2.24, 2.45) is 12.0 Å². The number of aromatic nitrogens is 2. The summed E-state index contributed by atoms with van der Waals surface area (Å²) in [6, 6.07) is 1.58. The lowest BCUT2D eigenvalue weighted by molar-refractivity contribution is -0.144. The molecule has 0 radical (unpaired) electrons. The smallest absolute Gasteiger partial charge is 0.292 e. The number of amidine groups is 1. The van der Waals surface area contributed by atoms with Gasteiger partial charge in [0.15, 0.2) is 5.17 Å². The molecule has 0 aliphatic carbocycles. The van der Waals surface area contributed by atoms with Crippen molar-refractivity contribution in [1.29, 1.82) is 0 Å². The van der Waals surface area contributed by atoms with Crippen LogP contribution in [0.25, 0.3) is 5.69 Å². The van der Waals surface area contributed by atoms with E-state index >= 15 is 0 Å². The lowest BCUT2D eigenvalue weighted by Gasteiger charge is -2.16. The van der Waals surface area contributed by atoms with Gasteiger partial charge in [-0.2, -0.15) is 13.2 Å². The molecule has 2 amide bonds. The first-order valence-electron chi connectivity index (χ1n) is 9.41. The van der Waals surface area contributed by atoms with Crippen molar-refractivity contribution in [2.75, 3.05) is 18.6 Å². The summed E-state index contributed by atoms with van der Waals surface area (Å²) in [6.45, 7) is -0.734. The second-order valence-corrected chi connectivity index (χ2v) is 10.4. The number of nitrogens with zero attached hydrogens (tertiary/aromatic N) is 4. The summed E-state index contributed by atoms with van der Waals surface area (Å²) in [5.41, 5.74) is -5.59. The molecule has 194 valence electrons. The molecule has 2 aromatic rings. The third-order valence-electron chi connectivity index (χ3n) is 4.54. The number of rotatable bonds is 5. The van der Waals surface area contributed by atoms with Gasteiger partial charge in [-0.3, -0.25) is 28.6 Å². The second kappa shape index (κ2) is 9.70. The van der Waals surface area contributed by atoms with Gasteiger partial charge in [-0.1, -0.05) is 23.4 Å². The van der Waals surface area contributed by atoms with Crippen LogP contribution in [0.4, 0.5) is 23.2 Å². The number of hydrogen-bond acceptors (Lipinski definition) is 8. The fraction of sp³-hybridized carbons (Fsp3) is 0.278. The predicted octanol–water partition coefficient (Wildman–Crippen LogP) is 0.986. The van der Waals surface area contributed by atoms with Gasteiger partial charge < -0.3 is 0 Å². The minimum atomic E-state index is -5.03. The summed E-state index contributed by atoms with van der Waals surface area (Å²) >= 11 is 6.83. The van der Waals surface area contributed by atoms with E-state index in [0.717, 1.165) is 36.0 Å². The Morgan fingerprint density at radius 3 is 2.44 bits per heavy atom. The quantitative estimate of drug-likeness (QED) is 0.528. The van der Waals surface area contributed by atoms with Crippen LogP contribution in [0.3, 0.4) is 0 Å². The molecule has 0 atom stereocenters. The fourth-order valence-electron chi connectivity index (χ4n) is 3.03. The van der Waals surface area contributed by atoms with E-state index in [0.29, 0.717) is 6.07 Å². The number of carbonyl (C=O) groups is 2. The number of aliphatic imine (C=N–C) groups is 1. The van der Waals surface area contributed by atoms with Crippen molar-refractivity contribution in [3.05, 3.63) is 55.6 Å². The average molecular weight is 572 g/mol. The lowest BCUT2D eigenvalue weighted by atomic mass is 10.2. The topological polar surface area (TPSA) is 140 Å². The van der Waals surface area contributed by atoms with Gasteiger partial charge in [-0.05, 0) is 12.1 Å². The van der Waals surface area contributed by atoms with Gasteiger partial charge in [0.05, 0.1) is 28.4 Å². The number of nitrogens with one attached hydrogen (secondary N) is 1. The van der Waals surface area contributed by atoms with Gasteiger partial charge >= 0.3 is 11.9 Å². The van der Waals surface area contributed by atoms with Crippen LogP contribution in [0.1, 0.15) is 5.69 Å². The fourth-order valence-corrected chi connectivity index (χ4v) is 4.59. The third-order valence-corrected chi connectivity index (χ3v) is 6.40. The number of carbonyl (C=O) groups excluding carboxylic acids is 2. The summed E-state index contributed by atoms with van der Waals surface area (Å²) in [5.74, 6) is -3.09. The summed E-state index contributed by atoms with van der Waals surface area (Å²) < 4.78 is 78.4. The minimum Gasteiger partial charge on any atom is -0.292 e. The second-order valence-electron chi connectivity index (χ2n) is 7.26. The van der Waals surface area contributed by atoms with Gasteiger partial charge in [-0.25, -0.2) is 27.2 Å². The van der Waals surface area contributed by atoms with Crippen molar-refractivity contribution >= 4 is 56.1 Å². The molecule has 0 saturated carbocycles. The van der Waals surface area contributed by atoms with Crippen molar-refractivity contribution in [1.82, 2.24) is 18.8 Å². The summed E-state index contributed by atoms with van der Waals surface area (Å²) in [7, 11) is -3.17. The molecule has 1 N–H and O–H groups in total. The van der Waals surface area contributed by atoms with Crippen LogP contribution in [0.5, 0.6) is 0 Å². The van der Waals surface area contributed by atoms with Gasteiger partial charge in [0.2, 0.25) is 15.9 Å².